The average Bonchev–Trinajstić information content (AvgIpc) is 2.70. The van der Waals surface area contributed by atoms with Crippen molar-refractivity contribution in [3.63, 3.8) is 0 Å². The number of hydrogen-bond acceptors (Lipinski definition) is 2. The third-order valence-corrected chi connectivity index (χ3v) is 4.53. The van der Waals surface area contributed by atoms with Crippen LogP contribution in [0.2, 0.25) is 0 Å². The van der Waals surface area contributed by atoms with E-state index in [9.17, 15) is 4.79 Å². The van der Waals surface area contributed by atoms with E-state index in [1.54, 1.807) is 0 Å². The van der Waals surface area contributed by atoms with Gasteiger partial charge in [-0.3, -0.25) is 4.79 Å². The minimum absolute atomic E-state index is 0.0178. The van der Waals surface area contributed by atoms with Crippen molar-refractivity contribution < 1.29 is 9.53 Å². The quantitative estimate of drug-likeness (QED) is 0.547. The Morgan fingerprint density at radius 3 is 2.80 bits per heavy atom. The van der Waals surface area contributed by atoms with Gasteiger partial charge >= 0.3 is 5.97 Å². The fourth-order valence-corrected chi connectivity index (χ4v) is 3.23. The lowest BCUT2D eigenvalue weighted by Gasteiger charge is -2.13. The van der Waals surface area contributed by atoms with Gasteiger partial charge in [0.15, 0.2) is 0 Å². The van der Waals surface area contributed by atoms with E-state index in [0.717, 1.165) is 19.3 Å². The summed E-state index contributed by atoms with van der Waals surface area (Å²) in [6.07, 6.45) is 8.98. The van der Waals surface area contributed by atoms with Crippen LogP contribution in [0.15, 0.2) is 36.0 Å². The number of hydrogen-bond donors (Lipinski definition) is 0. The van der Waals surface area contributed by atoms with Gasteiger partial charge in [-0.25, -0.2) is 0 Å². The van der Waals surface area contributed by atoms with Crippen LogP contribution in [0.1, 0.15) is 47.0 Å². The number of carbonyl (C=O) groups excluding carboxylic acids is 1. The summed E-state index contributed by atoms with van der Waals surface area (Å²) in [6, 6.07) is 0. The van der Waals surface area contributed by atoms with Crippen molar-refractivity contribution in [3.05, 3.63) is 36.0 Å². The Morgan fingerprint density at radius 2 is 2.20 bits per heavy atom. The van der Waals surface area contributed by atoms with Gasteiger partial charge in [-0.05, 0) is 31.6 Å². The molecule has 1 saturated carbocycles. The van der Waals surface area contributed by atoms with Gasteiger partial charge in [0.25, 0.3) is 0 Å². The van der Waals surface area contributed by atoms with Crippen molar-refractivity contribution in [2.45, 2.75) is 53.1 Å². The molecule has 1 fully saturated rings. The van der Waals surface area contributed by atoms with E-state index in [0.29, 0.717) is 5.92 Å². The SMILES string of the molecule is C=CCC1=CCC(OC(=O)[C@@H]2[C@@H](C=C(C)C)C2(C)C)C1. The average molecular weight is 274 g/mol. The normalized spacial score (nSPS) is 30.4. The van der Waals surface area contributed by atoms with Crippen LogP contribution in [0, 0.1) is 17.3 Å². The van der Waals surface area contributed by atoms with E-state index < -0.39 is 0 Å². The second-order valence-electron chi connectivity index (χ2n) is 6.92. The summed E-state index contributed by atoms with van der Waals surface area (Å²) in [6.45, 7) is 12.2. The molecule has 0 aromatic heterocycles. The minimum atomic E-state index is -0.0178. The lowest BCUT2D eigenvalue weighted by atomic mass is 10.1. The Labute approximate surface area is 122 Å². The summed E-state index contributed by atoms with van der Waals surface area (Å²) in [7, 11) is 0. The first-order valence-corrected chi connectivity index (χ1v) is 7.50. The zero-order valence-corrected chi connectivity index (χ0v) is 13.1. The van der Waals surface area contributed by atoms with Crippen LogP contribution >= 0.6 is 0 Å². The molecule has 1 unspecified atom stereocenters. The molecule has 0 saturated heterocycles. The highest BCUT2D eigenvalue weighted by molar-refractivity contribution is 5.78. The Morgan fingerprint density at radius 1 is 1.50 bits per heavy atom. The summed E-state index contributed by atoms with van der Waals surface area (Å²) in [5, 5.41) is 0. The molecule has 0 aromatic carbocycles. The first-order chi connectivity index (χ1) is 9.36. The van der Waals surface area contributed by atoms with E-state index in [2.05, 4.69) is 46.4 Å². The van der Waals surface area contributed by atoms with E-state index >= 15 is 0 Å². The summed E-state index contributed by atoms with van der Waals surface area (Å²) in [5.41, 5.74) is 2.66. The molecule has 110 valence electrons. The van der Waals surface area contributed by atoms with Crippen molar-refractivity contribution in [2.24, 2.45) is 17.3 Å². The molecular weight excluding hydrogens is 248 g/mol. The van der Waals surface area contributed by atoms with Crippen LogP contribution in [0.3, 0.4) is 0 Å². The van der Waals surface area contributed by atoms with E-state index in [1.165, 1.54) is 11.1 Å². The van der Waals surface area contributed by atoms with Crippen LogP contribution in [-0.4, -0.2) is 12.1 Å². The fraction of sp³-hybridized carbons (Fsp3) is 0.611. The predicted octanol–water partition coefficient (Wildman–Crippen LogP) is 4.43. The summed E-state index contributed by atoms with van der Waals surface area (Å²) in [5.74, 6) is 0.346. The van der Waals surface area contributed by atoms with Gasteiger partial charge in [0.05, 0.1) is 5.92 Å². The molecule has 0 bridgehead atoms. The molecule has 0 radical (unpaired) electrons. The van der Waals surface area contributed by atoms with Gasteiger partial charge in [0.1, 0.15) is 6.10 Å². The monoisotopic (exact) mass is 274 g/mol. The van der Waals surface area contributed by atoms with Gasteiger partial charge in [-0.15, -0.1) is 6.58 Å². The molecule has 2 aliphatic rings. The van der Waals surface area contributed by atoms with Crippen LogP contribution < -0.4 is 0 Å². The molecule has 2 heteroatoms. The van der Waals surface area contributed by atoms with Gasteiger partial charge in [-0.1, -0.05) is 43.2 Å². The first kappa shape index (κ1) is 15.1. The minimum Gasteiger partial charge on any atom is -0.461 e. The Balaban J connectivity index is 1.88. The molecule has 20 heavy (non-hydrogen) atoms. The standard InChI is InChI=1S/C18H26O2/c1-6-7-13-8-9-14(11-13)20-17(19)16-15(10-12(2)3)18(16,4)5/h6,8,10,14-16H,1,7,9,11H2,2-5H3/t14?,15-,16+/m1/s1. The van der Waals surface area contributed by atoms with Crippen molar-refractivity contribution in [2.75, 3.05) is 0 Å². The second kappa shape index (κ2) is 5.59. The zero-order valence-electron chi connectivity index (χ0n) is 13.1. The molecule has 2 nitrogen and oxygen atoms in total. The zero-order chi connectivity index (χ0) is 14.9. The van der Waals surface area contributed by atoms with E-state index in [-0.39, 0.29) is 23.4 Å². The predicted molar refractivity (Wildman–Crippen MR) is 82.2 cm³/mol. The van der Waals surface area contributed by atoms with Crippen molar-refractivity contribution >= 4 is 5.97 Å². The third kappa shape index (κ3) is 3.05. The molecule has 0 amide bonds. The molecule has 0 heterocycles. The third-order valence-electron chi connectivity index (χ3n) is 4.53. The molecule has 0 N–H and O–H groups in total. The topological polar surface area (TPSA) is 26.3 Å². The summed E-state index contributed by atoms with van der Waals surface area (Å²) < 4.78 is 5.70. The number of allylic oxidation sites excluding steroid dienone is 3. The molecule has 0 aliphatic heterocycles. The highest BCUT2D eigenvalue weighted by Gasteiger charge is 2.61. The second-order valence-corrected chi connectivity index (χ2v) is 6.92. The lowest BCUT2D eigenvalue weighted by molar-refractivity contribution is -0.151. The maximum absolute atomic E-state index is 12.3. The number of ether oxygens (including phenoxy) is 1. The van der Waals surface area contributed by atoms with Gasteiger partial charge in [0, 0.05) is 12.8 Å². The van der Waals surface area contributed by atoms with E-state index in [4.69, 9.17) is 4.74 Å². The van der Waals surface area contributed by atoms with Gasteiger partial charge in [-0.2, -0.15) is 0 Å². The number of esters is 1. The summed E-state index contributed by atoms with van der Waals surface area (Å²) >= 11 is 0. The van der Waals surface area contributed by atoms with Crippen molar-refractivity contribution in [1.82, 2.24) is 0 Å². The van der Waals surface area contributed by atoms with E-state index in [1.807, 2.05) is 6.08 Å². The maximum atomic E-state index is 12.3. The molecule has 0 aromatic rings. The fourth-order valence-electron chi connectivity index (χ4n) is 3.23. The van der Waals surface area contributed by atoms with Crippen LogP contribution in [0.4, 0.5) is 0 Å². The van der Waals surface area contributed by atoms with Crippen LogP contribution in [0.5, 0.6) is 0 Å². The molecule has 3 atom stereocenters. The Hall–Kier alpha value is -1.31. The van der Waals surface area contributed by atoms with Gasteiger partial charge in [0.2, 0.25) is 0 Å². The molecule has 2 aliphatic carbocycles. The highest BCUT2D eigenvalue weighted by Crippen LogP contribution is 2.60. The molecule has 2 rings (SSSR count). The van der Waals surface area contributed by atoms with Crippen molar-refractivity contribution in [3.8, 4) is 0 Å². The number of carbonyl (C=O) groups is 1. The highest BCUT2D eigenvalue weighted by atomic mass is 16.5. The van der Waals surface area contributed by atoms with Crippen LogP contribution in [0.25, 0.3) is 0 Å². The molecule has 0 spiro atoms. The van der Waals surface area contributed by atoms with Crippen molar-refractivity contribution in [1.29, 1.82) is 0 Å². The summed E-state index contributed by atoms with van der Waals surface area (Å²) in [4.78, 5) is 12.3. The largest absolute Gasteiger partial charge is 0.461 e. The lowest BCUT2D eigenvalue weighted by Crippen LogP contribution is -2.18. The molecular formula is C18H26O2. The first-order valence-electron chi connectivity index (χ1n) is 7.50. The number of rotatable bonds is 5. The maximum Gasteiger partial charge on any atom is 0.310 e. The Kier molecular flexibility index (Phi) is 4.22. The smallest absolute Gasteiger partial charge is 0.310 e. The Bertz CT molecular complexity index is 464. The van der Waals surface area contributed by atoms with Crippen LogP contribution in [-0.2, 0) is 9.53 Å². The van der Waals surface area contributed by atoms with Gasteiger partial charge < -0.3 is 4.74 Å².